The van der Waals surface area contributed by atoms with Crippen LogP contribution < -0.4 is 20.2 Å². The van der Waals surface area contributed by atoms with E-state index in [0.717, 1.165) is 36.0 Å². The summed E-state index contributed by atoms with van der Waals surface area (Å²) >= 11 is 1.15. The molecule has 4 amide bonds. The molecule has 0 unspecified atom stereocenters. The number of aromatic nitrogens is 3. The number of nitrogens with zero attached hydrogens (tertiary/aromatic N) is 4. The normalized spacial score (nSPS) is 21.2. The zero-order valence-electron chi connectivity index (χ0n) is 18.1. The zero-order valence-corrected chi connectivity index (χ0v) is 18.9. The number of hydrogen-bond donors (Lipinski definition) is 2. The smallest absolute Gasteiger partial charge is 0.344 e. The number of benzene rings is 1. The number of hydrazine groups is 1. The minimum absolute atomic E-state index is 0.0408. The number of para-hydroxylation sites is 2. The highest BCUT2D eigenvalue weighted by Gasteiger charge is 2.52. The van der Waals surface area contributed by atoms with Crippen molar-refractivity contribution in [1.29, 1.82) is 0 Å². The highest BCUT2D eigenvalue weighted by molar-refractivity contribution is 7.99. The lowest BCUT2D eigenvalue weighted by molar-refractivity contribution is -0.139. The van der Waals surface area contributed by atoms with E-state index in [1.165, 1.54) is 0 Å². The van der Waals surface area contributed by atoms with Crippen molar-refractivity contribution in [3.63, 3.8) is 0 Å². The second kappa shape index (κ2) is 8.58. The number of carbonyl (C=O) groups excluding carboxylic acids is 3. The number of nitrogens with one attached hydrogen (secondary N) is 2. The molecule has 2 fully saturated rings. The van der Waals surface area contributed by atoms with Crippen LogP contribution in [0.5, 0.6) is 11.5 Å². The van der Waals surface area contributed by atoms with Crippen LogP contribution in [0.15, 0.2) is 29.4 Å². The molecule has 5 rings (SSSR count). The Hall–Kier alpha value is -3.28. The van der Waals surface area contributed by atoms with Gasteiger partial charge in [0.2, 0.25) is 5.91 Å². The van der Waals surface area contributed by atoms with Crippen molar-refractivity contribution < 1.29 is 23.9 Å². The van der Waals surface area contributed by atoms with Crippen molar-refractivity contribution in [2.75, 3.05) is 12.4 Å². The predicted octanol–water partition coefficient (Wildman–Crippen LogP) is 1.71. The van der Waals surface area contributed by atoms with Crippen LogP contribution in [0.1, 0.15) is 44.0 Å². The number of fused-ring (bicyclic) bond motifs is 1. The molecule has 12 heteroatoms. The number of amides is 4. The van der Waals surface area contributed by atoms with Crippen LogP contribution in [0, 0.1) is 0 Å². The van der Waals surface area contributed by atoms with Crippen LogP contribution in [0.25, 0.3) is 0 Å². The average Bonchev–Trinajstić information content (AvgIpc) is 3.30. The fraction of sp³-hybridized carbons (Fsp3) is 0.476. The number of hydrogen-bond acceptors (Lipinski definition) is 8. The van der Waals surface area contributed by atoms with E-state index in [4.69, 9.17) is 9.47 Å². The third-order valence-corrected chi connectivity index (χ3v) is 7.12. The van der Waals surface area contributed by atoms with Crippen LogP contribution in [-0.4, -0.2) is 55.5 Å². The lowest BCUT2D eigenvalue weighted by Crippen LogP contribution is -2.51. The van der Waals surface area contributed by atoms with Gasteiger partial charge in [0.05, 0.1) is 5.75 Å². The molecule has 33 heavy (non-hydrogen) atoms. The molecule has 1 saturated carbocycles. The Balaban J connectivity index is 1.19. The van der Waals surface area contributed by atoms with Crippen LogP contribution in [0.3, 0.4) is 0 Å². The number of urea groups is 1. The molecule has 1 aromatic heterocycles. The van der Waals surface area contributed by atoms with Crippen molar-refractivity contribution in [3.05, 3.63) is 30.1 Å². The van der Waals surface area contributed by atoms with E-state index in [-0.39, 0.29) is 11.7 Å². The first-order chi connectivity index (χ1) is 16.0. The van der Waals surface area contributed by atoms with Gasteiger partial charge in [-0.2, -0.15) is 5.01 Å². The SMILES string of the molecule is Cn1c(SCC(=O)NN2C(=O)NC3(CCCCC3)C2=O)nnc1[C@H]1COc2ccccc2O1. The van der Waals surface area contributed by atoms with Gasteiger partial charge in [0.15, 0.2) is 28.6 Å². The molecule has 174 valence electrons. The van der Waals surface area contributed by atoms with Gasteiger partial charge in [-0.3, -0.25) is 15.0 Å². The van der Waals surface area contributed by atoms with E-state index >= 15 is 0 Å². The standard InChI is InChI=1S/C21H24N6O5S/c1-26-17(15-11-31-13-7-3-4-8-14(13)32-15)23-24-20(26)33-12-16(28)25-27-18(29)21(22-19(27)30)9-5-2-6-10-21/h3-4,7-8,15H,2,5-6,9-12H2,1H3,(H,22,30)(H,25,28)/t15-/m1/s1. The minimum atomic E-state index is -0.880. The maximum absolute atomic E-state index is 12.8. The molecule has 1 atom stereocenters. The second-order valence-electron chi connectivity index (χ2n) is 8.30. The summed E-state index contributed by atoms with van der Waals surface area (Å²) in [5.41, 5.74) is 1.55. The van der Waals surface area contributed by atoms with Crippen LogP contribution in [0.4, 0.5) is 4.79 Å². The molecule has 1 aromatic carbocycles. The Kier molecular flexibility index (Phi) is 5.60. The fourth-order valence-electron chi connectivity index (χ4n) is 4.38. The molecule has 3 heterocycles. The monoisotopic (exact) mass is 472 g/mol. The summed E-state index contributed by atoms with van der Waals surface area (Å²) in [4.78, 5) is 37.6. The summed E-state index contributed by atoms with van der Waals surface area (Å²) in [6.07, 6.45) is 3.55. The highest BCUT2D eigenvalue weighted by Crippen LogP contribution is 2.36. The van der Waals surface area contributed by atoms with E-state index in [1.807, 2.05) is 24.3 Å². The van der Waals surface area contributed by atoms with Gasteiger partial charge in [0.25, 0.3) is 5.91 Å². The highest BCUT2D eigenvalue weighted by atomic mass is 32.2. The van der Waals surface area contributed by atoms with Gasteiger partial charge in [0.1, 0.15) is 12.1 Å². The fourth-order valence-corrected chi connectivity index (χ4v) is 5.09. The Morgan fingerprint density at radius 2 is 1.97 bits per heavy atom. The number of imide groups is 1. The quantitative estimate of drug-likeness (QED) is 0.497. The topological polar surface area (TPSA) is 128 Å². The zero-order chi connectivity index (χ0) is 23.0. The predicted molar refractivity (Wildman–Crippen MR) is 116 cm³/mol. The Labute approximate surface area is 194 Å². The lowest BCUT2D eigenvalue weighted by atomic mass is 9.82. The third-order valence-electron chi connectivity index (χ3n) is 6.10. The molecule has 2 aliphatic heterocycles. The molecule has 1 aliphatic carbocycles. The first-order valence-corrected chi connectivity index (χ1v) is 11.8. The molecule has 1 spiro atoms. The summed E-state index contributed by atoms with van der Waals surface area (Å²) in [7, 11) is 1.78. The van der Waals surface area contributed by atoms with E-state index in [9.17, 15) is 14.4 Å². The van der Waals surface area contributed by atoms with Crippen molar-refractivity contribution in [2.45, 2.75) is 48.9 Å². The van der Waals surface area contributed by atoms with Gasteiger partial charge >= 0.3 is 6.03 Å². The average molecular weight is 473 g/mol. The van der Waals surface area contributed by atoms with Crippen LogP contribution in [0.2, 0.25) is 0 Å². The van der Waals surface area contributed by atoms with Gasteiger partial charge in [0, 0.05) is 7.05 Å². The second-order valence-corrected chi connectivity index (χ2v) is 9.24. The number of thioether (sulfide) groups is 1. The summed E-state index contributed by atoms with van der Waals surface area (Å²) < 4.78 is 13.5. The van der Waals surface area contributed by atoms with Gasteiger partial charge in [-0.05, 0) is 25.0 Å². The van der Waals surface area contributed by atoms with E-state index in [1.54, 1.807) is 11.6 Å². The van der Waals surface area contributed by atoms with Gasteiger partial charge in [-0.15, -0.1) is 10.2 Å². The maximum Gasteiger partial charge on any atom is 0.344 e. The number of rotatable bonds is 5. The van der Waals surface area contributed by atoms with Crippen molar-refractivity contribution in [3.8, 4) is 11.5 Å². The molecule has 11 nitrogen and oxygen atoms in total. The summed E-state index contributed by atoms with van der Waals surface area (Å²) in [6, 6.07) is 6.81. The van der Waals surface area contributed by atoms with Crippen LogP contribution in [-0.2, 0) is 16.6 Å². The Bertz CT molecular complexity index is 1100. The van der Waals surface area contributed by atoms with E-state index < -0.39 is 23.6 Å². The Morgan fingerprint density at radius 1 is 1.21 bits per heavy atom. The Morgan fingerprint density at radius 3 is 2.76 bits per heavy atom. The van der Waals surface area contributed by atoms with Crippen molar-refractivity contribution in [2.24, 2.45) is 7.05 Å². The first-order valence-electron chi connectivity index (χ1n) is 10.8. The summed E-state index contributed by atoms with van der Waals surface area (Å²) in [6.45, 7) is 0.294. The van der Waals surface area contributed by atoms with Crippen LogP contribution >= 0.6 is 11.8 Å². The first kappa shape index (κ1) is 21.6. The third kappa shape index (κ3) is 3.99. The molecule has 2 N–H and O–H groups in total. The molecule has 1 saturated heterocycles. The minimum Gasteiger partial charge on any atom is -0.485 e. The molecule has 0 bridgehead atoms. The van der Waals surface area contributed by atoms with Gasteiger partial charge in [-0.25, -0.2) is 4.79 Å². The lowest BCUT2D eigenvalue weighted by Gasteiger charge is -2.30. The van der Waals surface area contributed by atoms with E-state index in [0.29, 0.717) is 41.9 Å². The molecule has 3 aliphatic rings. The largest absolute Gasteiger partial charge is 0.485 e. The number of carbonyl (C=O) groups is 3. The van der Waals surface area contributed by atoms with Crippen molar-refractivity contribution >= 4 is 29.6 Å². The van der Waals surface area contributed by atoms with Gasteiger partial charge in [-0.1, -0.05) is 43.2 Å². The van der Waals surface area contributed by atoms with Crippen molar-refractivity contribution in [1.82, 2.24) is 30.5 Å². The molecular weight excluding hydrogens is 448 g/mol. The van der Waals surface area contributed by atoms with E-state index in [2.05, 4.69) is 20.9 Å². The molecule has 0 radical (unpaired) electrons. The molecule has 2 aromatic rings. The number of ether oxygens (including phenoxy) is 2. The van der Waals surface area contributed by atoms with Gasteiger partial charge < -0.3 is 19.4 Å². The maximum atomic E-state index is 12.8. The molecular formula is C21H24N6O5S. The summed E-state index contributed by atoms with van der Waals surface area (Å²) in [5.74, 6) is 0.974. The summed E-state index contributed by atoms with van der Waals surface area (Å²) in [5, 5.41) is 12.4.